The standard InChI is InChI=1S/C23H28F2N2O6/c1-12(29)5-4-6-19(31)27-14-7-8-17(15(9-14)21(24)25)32-22-20(26-13(2)30)16-10-23(16,3)18(11-28)33-22/h7-9,16,18,21,28H,4-6,10-11H2,1-3H3,(H,26,30)(H,27,31)/t16-,18?,23?/m1/s1. The average molecular weight is 466 g/mol. The Bertz CT molecular complexity index is 980. The Kier molecular flexibility index (Phi) is 7.36. The molecule has 1 aliphatic carbocycles. The van der Waals surface area contributed by atoms with Crippen molar-refractivity contribution in [2.24, 2.45) is 11.3 Å². The van der Waals surface area contributed by atoms with Gasteiger partial charge >= 0.3 is 5.95 Å². The highest BCUT2D eigenvalue weighted by Crippen LogP contribution is 2.62. The van der Waals surface area contributed by atoms with E-state index in [1.54, 1.807) is 0 Å². The molecule has 180 valence electrons. The molecule has 1 heterocycles. The number of hydrogen-bond acceptors (Lipinski definition) is 6. The lowest BCUT2D eigenvalue weighted by Crippen LogP contribution is -2.38. The number of ketones is 1. The maximum absolute atomic E-state index is 13.8. The van der Waals surface area contributed by atoms with Crippen molar-refractivity contribution in [1.29, 1.82) is 0 Å². The van der Waals surface area contributed by atoms with Crippen LogP contribution in [-0.4, -0.2) is 35.4 Å². The molecule has 3 N–H and O–H groups in total. The van der Waals surface area contributed by atoms with E-state index in [4.69, 9.17) is 9.47 Å². The third-order valence-corrected chi connectivity index (χ3v) is 5.97. The molecular formula is C23H28F2N2O6. The van der Waals surface area contributed by atoms with E-state index in [2.05, 4.69) is 10.6 Å². The molecule has 2 aliphatic rings. The van der Waals surface area contributed by atoms with Gasteiger partial charge in [0.15, 0.2) is 0 Å². The summed E-state index contributed by atoms with van der Waals surface area (Å²) >= 11 is 0. The van der Waals surface area contributed by atoms with Crippen LogP contribution in [-0.2, 0) is 19.1 Å². The monoisotopic (exact) mass is 466 g/mol. The molecule has 3 atom stereocenters. The predicted octanol–water partition coefficient (Wildman–Crippen LogP) is 3.42. The normalized spacial score (nSPS) is 23.5. The lowest BCUT2D eigenvalue weighted by molar-refractivity contribution is -0.119. The van der Waals surface area contributed by atoms with Gasteiger partial charge in [-0.3, -0.25) is 9.59 Å². The zero-order valence-corrected chi connectivity index (χ0v) is 18.7. The van der Waals surface area contributed by atoms with Gasteiger partial charge in [0.05, 0.1) is 12.2 Å². The molecule has 1 aliphatic heterocycles. The van der Waals surface area contributed by atoms with Crippen LogP contribution in [0, 0.1) is 11.3 Å². The van der Waals surface area contributed by atoms with Gasteiger partial charge in [-0.15, -0.1) is 0 Å². The Balaban J connectivity index is 1.82. The Morgan fingerprint density at radius 2 is 1.97 bits per heavy atom. The van der Waals surface area contributed by atoms with E-state index < -0.39 is 24.0 Å². The molecule has 2 amide bonds. The van der Waals surface area contributed by atoms with Crippen molar-refractivity contribution in [3.63, 3.8) is 0 Å². The average Bonchev–Trinajstić information content (AvgIpc) is 3.42. The minimum Gasteiger partial charge on any atom is -0.458 e. The quantitative estimate of drug-likeness (QED) is 0.487. The van der Waals surface area contributed by atoms with Gasteiger partial charge in [0.25, 0.3) is 6.43 Å². The van der Waals surface area contributed by atoms with Crippen LogP contribution in [0.2, 0.25) is 0 Å². The van der Waals surface area contributed by atoms with Crippen LogP contribution in [0.3, 0.4) is 0 Å². The van der Waals surface area contributed by atoms with E-state index >= 15 is 0 Å². The number of Topliss-reactive ketones (excluding diaryl/α,β-unsaturated/α-hetero) is 1. The SMILES string of the molecule is CC(=O)CCCC(=O)Nc1ccc(OC2=C(NC(C)=O)[C@H]3CC3(C)C(CO)O2)c(C(F)F)c1. The minimum atomic E-state index is -2.91. The molecule has 33 heavy (non-hydrogen) atoms. The van der Waals surface area contributed by atoms with Crippen molar-refractivity contribution in [3.8, 4) is 5.75 Å². The van der Waals surface area contributed by atoms with Gasteiger partial charge < -0.3 is 30.0 Å². The zero-order valence-electron chi connectivity index (χ0n) is 18.7. The topological polar surface area (TPSA) is 114 Å². The summed E-state index contributed by atoms with van der Waals surface area (Å²) in [6, 6.07) is 3.80. The van der Waals surface area contributed by atoms with E-state index in [0.717, 1.165) is 6.07 Å². The molecule has 2 unspecified atom stereocenters. The third-order valence-electron chi connectivity index (χ3n) is 5.97. The molecule has 1 fully saturated rings. The van der Waals surface area contributed by atoms with Gasteiger partial charge in [-0.05, 0) is 38.0 Å². The van der Waals surface area contributed by atoms with Crippen LogP contribution >= 0.6 is 0 Å². The van der Waals surface area contributed by atoms with Crippen LogP contribution in [0.15, 0.2) is 29.8 Å². The maximum Gasteiger partial charge on any atom is 0.305 e. The van der Waals surface area contributed by atoms with Gasteiger partial charge in [-0.25, -0.2) is 8.78 Å². The number of carbonyl (C=O) groups excluding carboxylic acids is 3. The summed E-state index contributed by atoms with van der Waals surface area (Å²) in [4.78, 5) is 34.7. The zero-order chi connectivity index (χ0) is 24.3. The molecular weight excluding hydrogens is 438 g/mol. The first-order valence-corrected chi connectivity index (χ1v) is 10.7. The number of alkyl halides is 2. The summed E-state index contributed by atoms with van der Waals surface area (Å²) in [6.45, 7) is 4.38. The van der Waals surface area contributed by atoms with Crippen LogP contribution < -0.4 is 15.4 Å². The Labute approximate surface area is 190 Å². The van der Waals surface area contributed by atoms with E-state index in [1.807, 2.05) is 6.92 Å². The highest BCUT2D eigenvalue weighted by Gasteiger charge is 2.62. The first-order chi connectivity index (χ1) is 15.5. The number of ether oxygens (including phenoxy) is 2. The number of nitrogens with one attached hydrogen (secondary N) is 2. The molecule has 8 nitrogen and oxygen atoms in total. The van der Waals surface area contributed by atoms with Crippen molar-refractivity contribution < 1.29 is 37.7 Å². The molecule has 10 heteroatoms. The van der Waals surface area contributed by atoms with E-state index in [-0.39, 0.29) is 59.9 Å². The molecule has 1 saturated carbocycles. The molecule has 1 aromatic carbocycles. The summed E-state index contributed by atoms with van der Waals surface area (Å²) < 4.78 is 39.0. The maximum atomic E-state index is 13.8. The highest BCUT2D eigenvalue weighted by molar-refractivity contribution is 5.91. The van der Waals surface area contributed by atoms with E-state index in [0.29, 0.717) is 18.5 Å². The van der Waals surface area contributed by atoms with Crippen molar-refractivity contribution in [3.05, 3.63) is 35.4 Å². The second kappa shape index (κ2) is 9.86. The fourth-order valence-electron chi connectivity index (χ4n) is 4.00. The van der Waals surface area contributed by atoms with Crippen LogP contribution in [0.1, 0.15) is 58.4 Å². The van der Waals surface area contributed by atoms with Crippen LogP contribution in [0.5, 0.6) is 5.75 Å². The Morgan fingerprint density at radius 1 is 1.24 bits per heavy atom. The van der Waals surface area contributed by atoms with Gasteiger partial charge in [0.2, 0.25) is 11.8 Å². The summed E-state index contributed by atoms with van der Waals surface area (Å²) in [5.41, 5.74) is -0.326. The molecule has 3 rings (SSSR count). The van der Waals surface area contributed by atoms with Crippen LogP contribution in [0.4, 0.5) is 14.5 Å². The van der Waals surface area contributed by atoms with Crippen LogP contribution in [0.25, 0.3) is 0 Å². The number of fused-ring (bicyclic) bond motifs is 1. The summed E-state index contributed by atoms with van der Waals surface area (Å²) in [7, 11) is 0. The van der Waals surface area contributed by atoms with E-state index in [9.17, 15) is 28.3 Å². The second-order valence-electron chi connectivity index (χ2n) is 8.69. The molecule has 0 saturated heterocycles. The molecule has 0 spiro atoms. The smallest absolute Gasteiger partial charge is 0.305 e. The number of carbonyl (C=O) groups is 3. The Morgan fingerprint density at radius 3 is 2.58 bits per heavy atom. The molecule has 0 radical (unpaired) electrons. The number of aliphatic hydroxyl groups is 1. The van der Waals surface area contributed by atoms with Gasteiger partial charge in [0, 0.05) is 36.8 Å². The third kappa shape index (κ3) is 5.68. The van der Waals surface area contributed by atoms with Crippen molar-refractivity contribution in [1.82, 2.24) is 5.32 Å². The van der Waals surface area contributed by atoms with Crippen molar-refractivity contribution in [2.45, 2.75) is 59.0 Å². The van der Waals surface area contributed by atoms with Crippen molar-refractivity contribution >= 4 is 23.3 Å². The number of anilines is 1. The molecule has 0 aromatic heterocycles. The number of hydrogen-bond donors (Lipinski definition) is 3. The first kappa shape index (κ1) is 24.6. The number of halogens is 2. The van der Waals surface area contributed by atoms with E-state index in [1.165, 1.54) is 26.0 Å². The summed E-state index contributed by atoms with van der Waals surface area (Å²) in [5, 5.41) is 14.9. The number of benzene rings is 1. The number of amides is 2. The summed E-state index contributed by atoms with van der Waals surface area (Å²) in [6.07, 6.45) is -2.14. The Hall–Kier alpha value is -3.01. The fraction of sp³-hybridized carbons (Fsp3) is 0.522. The first-order valence-electron chi connectivity index (χ1n) is 10.7. The fourth-order valence-corrected chi connectivity index (χ4v) is 4.00. The van der Waals surface area contributed by atoms with Crippen molar-refractivity contribution in [2.75, 3.05) is 11.9 Å². The number of allylic oxidation sites excluding steroid dienone is 1. The molecule has 1 aromatic rings. The predicted molar refractivity (Wildman–Crippen MR) is 114 cm³/mol. The second-order valence-corrected chi connectivity index (χ2v) is 8.69. The van der Waals surface area contributed by atoms with Gasteiger partial charge in [0.1, 0.15) is 23.3 Å². The van der Waals surface area contributed by atoms with Gasteiger partial charge in [-0.1, -0.05) is 6.92 Å². The lowest BCUT2D eigenvalue weighted by atomic mass is 9.96. The van der Waals surface area contributed by atoms with Gasteiger partial charge in [-0.2, -0.15) is 0 Å². The summed E-state index contributed by atoms with van der Waals surface area (Å²) in [5.74, 6) is -1.24. The highest BCUT2D eigenvalue weighted by atomic mass is 19.3. The minimum absolute atomic E-state index is 0.0305. The molecule has 0 bridgehead atoms. The largest absolute Gasteiger partial charge is 0.458 e. The number of aliphatic hydroxyl groups excluding tert-OH is 1. The lowest BCUT2D eigenvalue weighted by Gasteiger charge is -2.31. The number of rotatable bonds is 10.